The van der Waals surface area contributed by atoms with Crippen LogP contribution in [-0.2, 0) is 0 Å². The van der Waals surface area contributed by atoms with Gasteiger partial charge < -0.3 is 0 Å². The van der Waals surface area contributed by atoms with Crippen LogP contribution in [0.25, 0.3) is 82.2 Å². The molecule has 4 aromatic heterocycles. The Bertz CT molecular complexity index is 2340. The van der Waals surface area contributed by atoms with Crippen LogP contribution in [0.15, 0.2) is 110 Å². The van der Waals surface area contributed by atoms with Crippen LogP contribution >= 0.6 is 11.3 Å². The smallest absolute Gasteiger partial charge is 0.235 e. The fraction of sp³-hybridized carbons (Fsp3) is 0.0278. The van der Waals surface area contributed by atoms with Crippen LogP contribution in [-0.4, -0.2) is 19.5 Å². The van der Waals surface area contributed by atoms with Crippen LogP contribution in [0.5, 0.6) is 0 Å². The number of rotatable bonds is 4. The minimum Gasteiger partial charge on any atom is -0.276 e. The lowest BCUT2D eigenvalue weighted by atomic mass is 9.95. The number of fused-ring (bicyclic) bond motifs is 8. The third-order valence-electron chi connectivity index (χ3n) is 7.78. The number of para-hydroxylation sites is 1. The molecule has 0 aliphatic rings. The minimum absolute atomic E-state index is 0.644. The molecule has 4 heterocycles. The number of benzene rings is 4. The molecule has 0 radical (unpaired) electrons. The molecule has 8 rings (SSSR count). The first kappa shape index (κ1) is 23.7. The Balaban J connectivity index is 1.63. The lowest BCUT2D eigenvalue weighted by Gasteiger charge is -2.13. The second-order valence-corrected chi connectivity index (χ2v) is 11.1. The molecule has 0 saturated carbocycles. The van der Waals surface area contributed by atoms with Gasteiger partial charge in [0.15, 0.2) is 0 Å². The average molecular weight is 545 g/mol. The number of pyridine rings is 1. The molecule has 0 unspecified atom stereocenters. The highest BCUT2D eigenvalue weighted by Crippen LogP contribution is 2.47. The van der Waals surface area contributed by atoms with Crippen molar-refractivity contribution in [2.75, 3.05) is 0 Å². The molecule has 0 amide bonds. The van der Waals surface area contributed by atoms with E-state index in [1.54, 1.807) is 0 Å². The van der Waals surface area contributed by atoms with Crippen molar-refractivity contribution in [2.24, 2.45) is 0 Å². The predicted octanol–water partition coefficient (Wildman–Crippen LogP) is 9.83. The fourth-order valence-corrected chi connectivity index (χ4v) is 7.37. The predicted molar refractivity (Wildman–Crippen MR) is 175 cm³/mol. The van der Waals surface area contributed by atoms with Gasteiger partial charge in [0.05, 0.1) is 26.9 Å². The largest absolute Gasteiger partial charge is 0.276 e. The van der Waals surface area contributed by atoms with Crippen molar-refractivity contribution < 1.29 is 0 Å². The molecule has 4 aromatic carbocycles. The summed E-state index contributed by atoms with van der Waals surface area (Å²) in [5.74, 6) is 0.644. The van der Waals surface area contributed by atoms with E-state index in [4.69, 9.17) is 9.97 Å². The quantitative estimate of drug-likeness (QED) is 0.221. The average Bonchev–Trinajstić information content (AvgIpc) is 3.58. The molecule has 0 aliphatic carbocycles. The van der Waals surface area contributed by atoms with Gasteiger partial charge in [0.1, 0.15) is 0 Å². The number of allylic oxidation sites excluding steroid dienone is 1. The highest BCUT2D eigenvalue weighted by Gasteiger charge is 2.25. The van der Waals surface area contributed by atoms with E-state index in [9.17, 15) is 0 Å². The normalized spacial score (nSPS) is 12.0. The van der Waals surface area contributed by atoms with E-state index < -0.39 is 0 Å². The maximum absolute atomic E-state index is 5.29. The highest BCUT2D eigenvalue weighted by atomic mass is 32.1. The molecule has 41 heavy (non-hydrogen) atoms. The van der Waals surface area contributed by atoms with Crippen molar-refractivity contribution in [3.8, 4) is 17.2 Å². The Morgan fingerprint density at radius 2 is 1.56 bits per heavy atom. The van der Waals surface area contributed by atoms with Gasteiger partial charge in [0, 0.05) is 49.6 Å². The third-order valence-corrected chi connectivity index (χ3v) is 8.96. The zero-order valence-corrected chi connectivity index (χ0v) is 23.2. The van der Waals surface area contributed by atoms with Crippen LogP contribution in [0, 0.1) is 0 Å². The van der Waals surface area contributed by atoms with Crippen molar-refractivity contribution in [2.45, 2.75) is 6.92 Å². The number of thiophene rings is 1. The summed E-state index contributed by atoms with van der Waals surface area (Å²) in [7, 11) is 0. The van der Waals surface area contributed by atoms with E-state index >= 15 is 0 Å². The van der Waals surface area contributed by atoms with Crippen LogP contribution in [0.4, 0.5) is 0 Å². The summed E-state index contributed by atoms with van der Waals surface area (Å²) in [6.45, 7) is 6.33. The Morgan fingerprint density at radius 3 is 2.39 bits per heavy atom. The van der Waals surface area contributed by atoms with Crippen molar-refractivity contribution >= 4 is 76.4 Å². The summed E-state index contributed by atoms with van der Waals surface area (Å²) >= 11 is 1.81. The van der Waals surface area contributed by atoms with Gasteiger partial charge in [0.25, 0.3) is 0 Å². The molecular formula is C36H24N4S. The van der Waals surface area contributed by atoms with Crippen LogP contribution < -0.4 is 0 Å². The topological polar surface area (TPSA) is 43.6 Å². The van der Waals surface area contributed by atoms with Gasteiger partial charge in [-0.15, -0.1) is 11.3 Å². The number of hydrogen-bond acceptors (Lipinski definition) is 4. The van der Waals surface area contributed by atoms with E-state index in [0.717, 1.165) is 55.1 Å². The molecule has 0 fully saturated rings. The van der Waals surface area contributed by atoms with Crippen molar-refractivity contribution in [3.05, 3.63) is 121 Å². The molecule has 8 aromatic rings. The van der Waals surface area contributed by atoms with E-state index in [1.807, 2.05) is 48.0 Å². The minimum atomic E-state index is 0.644. The SMILES string of the molecule is C=Cc1c(/C=C\C)c2c3cnccc3n(-c3nc(-c4ccccc4)c4ccccc4n3)c2c2sc3ccccc3c12. The molecule has 0 aliphatic heterocycles. The first-order valence-corrected chi connectivity index (χ1v) is 14.4. The van der Waals surface area contributed by atoms with Gasteiger partial charge in [0.2, 0.25) is 5.95 Å². The van der Waals surface area contributed by atoms with Gasteiger partial charge in [-0.25, -0.2) is 9.97 Å². The molecule has 194 valence electrons. The summed E-state index contributed by atoms with van der Waals surface area (Å²) in [6.07, 6.45) is 10.1. The second kappa shape index (κ2) is 9.22. The molecule has 0 N–H and O–H groups in total. The Kier molecular flexibility index (Phi) is 5.34. The van der Waals surface area contributed by atoms with Crippen LogP contribution in [0.1, 0.15) is 18.1 Å². The molecule has 4 nitrogen and oxygen atoms in total. The zero-order valence-electron chi connectivity index (χ0n) is 22.4. The lowest BCUT2D eigenvalue weighted by Crippen LogP contribution is -2.03. The lowest BCUT2D eigenvalue weighted by molar-refractivity contribution is 1.02. The number of hydrogen-bond donors (Lipinski definition) is 0. The highest BCUT2D eigenvalue weighted by molar-refractivity contribution is 7.26. The van der Waals surface area contributed by atoms with Crippen LogP contribution in [0.3, 0.4) is 0 Å². The van der Waals surface area contributed by atoms with E-state index in [1.165, 1.54) is 20.2 Å². The van der Waals surface area contributed by atoms with Crippen molar-refractivity contribution in [3.63, 3.8) is 0 Å². The van der Waals surface area contributed by atoms with Gasteiger partial charge in [-0.1, -0.05) is 91.5 Å². The van der Waals surface area contributed by atoms with E-state index in [2.05, 4.69) is 102 Å². The monoisotopic (exact) mass is 544 g/mol. The first-order chi connectivity index (χ1) is 20.3. The fourth-order valence-electron chi connectivity index (χ4n) is 6.11. The summed E-state index contributed by atoms with van der Waals surface area (Å²) < 4.78 is 4.67. The van der Waals surface area contributed by atoms with E-state index in [0.29, 0.717) is 5.95 Å². The van der Waals surface area contributed by atoms with Gasteiger partial charge >= 0.3 is 0 Å². The zero-order chi connectivity index (χ0) is 27.5. The number of aromatic nitrogens is 4. The summed E-state index contributed by atoms with van der Waals surface area (Å²) in [4.78, 5) is 15.0. The van der Waals surface area contributed by atoms with Gasteiger partial charge in [-0.3, -0.25) is 9.55 Å². The first-order valence-electron chi connectivity index (χ1n) is 13.6. The molecule has 5 heteroatoms. The summed E-state index contributed by atoms with van der Waals surface area (Å²) in [5, 5.41) is 5.67. The maximum atomic E-state index is 5.29. The molecule has 0 atom stereocenters. The summed E-state index contributed by atoms with van der Waals surface area (Å²) in [6, 6.07) is 29.3. The Labute approximate surface area is 240 Å². The molecular weight excluding hydrogens is 520 g/mol. The van der Waals surface area contributed by atoms with Crippen molar-refractivity contribution in [1.29, 1.82) is 0 Å². The van der Waals surface area contributed by atoms with Crippen LogP contribution in [0.2, 0.25) is 0 Å². The Hall–Kier alpha value is -5.13. The number of nitrogens with zero attached hydrogens (tertiary/aromatic N) is 4. The molecule has 0 bridgehead atoms. The third kappa shape index (κ3) is 3.43. The van der Waals surface area contributed by atoms with Crippen molar-refractivity contribution in [1.82, 2.24) is 19.5 Å². The molecule has 0 spiro atoms. The summed E-state index contributed by atoms with van der Waals surface area (Å²) in [5.41, 5.74) is 7.27. The maximum Gasteiger partial charge on any atom is 0.235 e. The van der Waals surface area contributed by atoms with Gasteiger partial charge in [-0.2, -0.15) is 0 Å². The Morgan fingerprint density at radius 1 is 0.780 bits per heavy atom. The van der Waals surface area contributed by atoms with E-state index in [-0.39, 0.29) is 0 Å². The second-order valence-electron chi connectivity index (χ2n) is 10.0. The standard InChI is InChI=1S/C36H24N4S/c1-3-12-24-23(4-2)32-26-16-9-11-18-30(26)41-35(32)34-31(24)27-21-37-20-19-29(27)40(34)36-38-28-17-10-8-15-25(28)33(39-36)22-13-6-5-7-14-22/h3-21H,2H2,1H3/b12-3-. The molecule has 0 saturated heterocycles. The van der Waals surface area contributed by atoms with Gasteiger partial charge in [-0.05, 0) is 36.2 Å².